The Labute approximate surface area is 95.9 Å². The van der Waals surface area contributed by atoms with E-state index in [1.807, 2.05) is 0 Å². The third-order valence-electron chi connectivity index (χ3n) is 1.89. The van der Waals surface area contributed by atoms with Crippen LogP contribution in [0.15, 0.2) is 0 Å². The summed E-state index contributed by atoms with van der Waals surface area (Å²) < 4.78 is 39.7. The summed E-state index contributed by atoms with van der Waals surface area (Å²) in [6.07, 6.45) is -3.62. The van der Waals surface area contributed by atoms with Crippen molar-refractivity contribution in [2.75, 3.05) is 13.2 Å². The molecule has 17 heavy (non-hydrogen) atoms. The van der Waals surface area contributed by atoms with Gasteiger partial charge in [0.25, 0.3) is 0 Å². The van der Waals surface area contributed by atoms with Crippen molar-refractivity contribution in [1.29, 1.82) is 0 Å². The minimum Gasteiger partial charge on any atom is -0.372 e. The molecule has 98 valence electrons. The van der Waals surface area contributed by atoms with Gasteiger partial charge in [0.1, 0.15) is 6.61 Å². The minimum absolute atomic E-state index is 0.0407. The van der Waals surface area contributed by atoms with Crippen LogP contribution in [-0.2, 0) is 18.2 Å². The van der Waals surface area contributed by atoms with Crippen molar-refractivity contribution in [2.24, 2.45) is 12.8 Å². The highest BCUT2D eigenvalue weighted by Gasteiger charge is 2.27. The number of alkyl halides is 3. The maximum Gasteiger partial charge on any atom is 0.411 e. The Morgan fingerprint density at radius 3 is 2.71 bits per heavy atom. The van der Waals surface area contributed by atoms with Gasteiger partial charge in [0.2, 0.25) is 0 Å². The van der Waals surface area contributed by atoms with E-state index in [1.54, 1.807) is 7.05 Å². The van der Waals surface area contributed by atoms with E-state index in [2.05, 4.69) is 20.1 Å². The normalized spacial score (nSPS) is 13.9. The average molecular weight is 253 g/mol. The van der Waals surface area contributed by atoms with Crippen molar-refractivity contribution in [3.63, 3.8) is 0 Å². The van der Waals surface area contributed by atoms with Crippen LogP contribution in [0, 0.1) is 0 Å². The molecule has 0 fully saturated rings. The Morgan fingerprint density at radius 1 is 1.47 bits per heavy atom. The zero-order valence-electron chi connectivity index (χ0n) is 9.31. The number of nitrogens with zero attached hydrogens (tertiary/aromatic N) is 4. The summed E-state index contributed by atoms with van der Waals surface area (Å²) in [7, 11) is 1.62. The van der Waals surface area contributed by atoms with Crippen LogP contribution in [0.5, 0.6) is 0 Å². The largest absolute Gasteiger partial charge is 0.411 e. The molecule has 1 heterocycles. The summed E-state index contributed by atoms with van der Waals surface area (Å²) in [6.45, 7) is -1.29. The first-order valence-corrected chi connectivity index (χ1v) is 5.00. The topological polar surface area (TPSA) is 78.9 Å². The molecule has 1 rings (SSSR count). The Kier molecular flexibility index (Phi) is 4.82. The van der Waals surface area contributed by atoms with Gasteiger partial charge in [-0.1, -0.05) is 0 Å². The highest BCUT2D eigenvalue weighted by Crippen LogP contribution is 2.14. The molecule has 0 saturated heterocycles. The number of aryl methyl sites for hydroxylation is 1. The summed E-state index contributed by atoms with van der Waals surface area (Å²) >= 11 is 0. The molecule has 2 N–H and O–H groups in total. The lowest BCUT2D eigenvalue weighted by atomic mass is 10.1. The van der Waals surface area contributed by atoms with Crippen LogP contribution in [0.1, 0.15) is 12.2 Å². The zero-order valence-corrected chi connectivity index (χ0v) is 9.31. The van der Waals surface area contributed by atoms with E-state index in [9.17, 15) is 13.2 Å². The zero-order chi connectivity index (χ0) is 12.9. The molecule has 1 aromatic heterocycles. The number of hydrogen-bond acceptors (Lipinski definition) is 5. The SMILES string of the molecule is Cn1nnc(CC(N)CCOCC(F)(F)F)n1. The molecule has 1 aromatic rings. The first-order valence-electron chi connectivity index (χ1n) is 5.00. The standard InChI is InChI=1S/C8H14F3N5O/c1-16-14-7(13-15-16)4-6(12)2-3-17-5-8(9,10)11/h6H,2-5,12H2,1H3. The van der Waals surface area contributed by atoms with Gasteiger partial charge in [0.05, 0.1) is 7.05 Å². The van der Waals surface area contributed by atoms with Crippen LogP contribution >= 0.6 is 0 Å². The Bertz CT molecular complexity index is 340. The average Bonchev–Trinajstić information content (AvgIpc) is 2.57. The van der Waals surface area contributed by atoms with Crippen LogP contribution in [-0.4, -0.2) is 45.6 Å². The van der Waals surface area contributed by atoms with E-state index in [4.69, 9.17) is 5.73 Å². The van der Waals surface area contributed by atoms with Gasteiger partial charge in [0.15, 0.2) is 5.82 Å². The van der Waals surface area contributed by atoms with E-state index >= 15 is 0 Å². The van der Waals surface area contributed by atoms with E-state index < -0.39 is 12.8 Å². The lowest BCUT2D eigenvalue weighted by molar-refractivity contribution is -0.174. The second-order valence-corrected chi connectivity index (χ2v) is 3.62. The lowest BCUT2D eigenvalue weighted by Crippen LogP contribution is -2.26. The minimum atomic E-state index is -4.30. The fourth-order valence-electron chi connectivity index (χ4n) is 1.16. The molecule has 1 atom stereocenters. The molecule has 1 unspecified atom stereocenters. The number of rotatable bonds is 6. The highest BCUT2D eigenvalue weighted by atomic mass is 19.4. The summed E-state index contributed by atoms with van der Waals surface area (Å²) in [6, 6.07) is -0.340. The predicted octanol–water partition coefficient (Wildman–Crippen LogP) is 0.0489. The molecular weight excluding hydrogens is 239 g/mol. The number of tetrazole rings is 1. The number of ether oxygens (including phenoxy) is 1. The third kappa shape index (κ3) is 6.17. The van der Waals surface area contributed by atoms with Gasteiger partial charge in [-0.3, -0.25) is 0 Å². The number of aromatic nitrogens is 4. The van der Waals surface area contributed by atoms with Gasteiger partial charge in [0, 0.05) is 19.1 Å². The first-order chi connectivity index (χ1) is 7.87. The van der Waals surface area contributed by atoms with Crippen LogP contribution < -0.4 is 5.73 Å². The molecule has 0 aliphatic rings. The smallest absolute Gasteiger partial charge is 0.372 e. The second-order valence-electron chi connectivity index (χ2n) is 3.62. The molecule has 0 radical (unpaired) electrons. The number of halogens is 3. The molecule has 0 aromatic carbocycles. The van der Waals surface area contributed by atoms with Crippen molar-refractivity contribution >= 4 is 0 Å². The molecule has 0 amide bonds. The summed E-state index contributed by atoms with van der Waals surface area (Å²) in [5.41, 5.74) is 5.69. The Balaban J connectivity index is 2.15. The summed E-state index contributed by atoms with van der Waals surface area (Å²) in [4.78, 5) is 1.29. The molecule has 0 spiro atoms. The molecular formula is C8H14F3N5O. The molecule has 0 bridgehead atoms. The predicted molar refractivity (Wildman–Crippen MR) is 52.0 cm³/mol. The highest BCUT2D eigenvalue weighted by molar-refractivity contribution is 4.82. The second kappa shape index (κ2) is 5.92. The Hall–Kier alpha value is -1.22. The Morgan fingerprint density at radius 2 is 2.18 bits per heavy atom. The van der Waals surface area contributed by atoms with Crippen molar-refractivity contribution < 1.29 is 17.9 Å². The van der Waals surface area contributed by atoms with Gasteiger partial charge >= 0.3 is 6.18 Å². The fourth-order valence-corrected chi connectivity index (χ4v) is 1.16. The molecule has 6 nitrogen and oxygen atoms in total. The maximum atomic E-state index is 11.7. The maximum absolute atomic E-state index is 11.7. The van der Waals surface area contributed by atoms with Crippen molar-refractivity contribution in [3.05, 3.63) is 5.82 Å². The van der Waals surface area contributed by atoms with Gasteiger partial charge in [-0.2, -0.15) is 18.0 Å². The lowest BCUT2D eigenvalue weighted by Gasteiger charge is -2.10. The number of hydrogen-bond donors (Lipinski definition) is 1. The fraction of sp³-hybridized carbons (Fsp3) is 0.875. The van der Waals surface area contributed by atoms with Gasteiger partial charge < -0.3 is 10.5 Å². The van der Waals surface area contributed by atoms with Crippen molar-refractivity contribution in [2.45, 2.75) is 25.1 Å². The monoisotopic (exact) mass is 253 g/mol. The summed E-state index contributed by atoms with van der Waals surface area (Å²) in [5.74, 6) is 0.468. The molecule has 0 aliphatic heterocycles. The van der Waals surface area contributed by atoms with Crippen LogP contribution in [0.4, 0.5) is 13.2 Å². The van der Waals surface area contributed by atoms with Gasteiger partial charge in [-0.05, 0) is 11.6 Å². The third-order valence-corrected chi connectivity index (χ3v) is 1.89. The van der Waals surface area contributed by atoms with Crippen LogP contribution in [0.2, 0.25) is 0 Å². The molecule has 9 heteroatoms. The molecule has 0 saturated carbocycles. The van der Waals surface area contributed by atoms with Crippen molar-refractivity contribution in [1.82, 2.24) is 20.2 Å². The van der Waals surface area contributed by atoms with E-state index in [1.165, 1.54) is 4.80 Å². The summed E-state index contributed by atoms with van der Waals surface area (Å²) in [5, 5.41) is 11.3. The molecule has 0 aliphatic carbocycles. The van der Waals surface area contributed by atoms with Crippen LogP contribution in [0.25, 0.3) is 0 Å². The number of nitrogens with two attached hydrogens (primary N) is 1. The first kappa shape index (κ1) is 13.8. The van der Waals surface area contributed by atoms with E-state index in [0.29, 0.717) is 18.7 Å². The van der Waals surface area contributed by atoms with Gasteiger partial charge in [-0.25, -0.2) is 0 Å². The van der Waals surface area contributed by atoms with Crippen molar-refractivity contribution in [3.8, 4) is 0 Å². The van der Waals surface area contributed by atoms with Crippen LogP contribution in [0.3, 0.4) is 0 Å². The quantitative estimate of drug-likeness (QED) is 0.725. The van der Waals surface area contributed by atoms with Gasteiger partial charge in [-0.15, -0.1) is 10.2 Å². The van der Waals surface area contributed by atoms with E-state index in [0.717, 1.165) is 0 Å². The van der Waals surface area contributed by atoms with E-state index in [-0.39, 0.29) is 12.6 Å².